The Morgan fingerprint density at radius 1 is 1.61 bits per heavy atom. The molecule has 4 heteroatoms. The van der Waals surface area contributed by atoms with Crippen LogP contribution in [0, 0.1) is 12.8 Å². The number of hydrogen-bond donors (Lipinski definition) is 1. The zero-order valence-corrected chi connectivity index (χ0v) is 13.4. The molecular weight excluding hydrogens is 310 g/mol. The van der Waals surface area contributed by atoms with Gasteiger partial charge in [-0.1, -0.05) is 35.7 Å². The quantitative estimate of drug-likeness (QED) is 0.830. The number of nitrogens with one attached hydrogen (secondary N) is 1. The van der Waals surface area contributed by atoms with Gasteiger partial charge < -0.3 is 5.32 Å². The minimum Gasteiger partial charge on any atom is -0.346 e. The lowest BCUT2D eigenvalue weighted by Crippen LogP contribution is -2.52. The van der Waals surface area contributed by atoms with Crippen LogP contribution in [0.15, 0.2) is 10.8 Å². The Labute approximate surface area is 121 Å². The number of carbonyl (C=O) groups is 1. The maximum atomic E-state index is 12.3. The Balaban J connectivity index is 2.11. The minimum absolute atomic E-state index is 0.0525. The molecule has 0 radical (unpaired) electrons. The van der Waals surface area contributed by atoms with Gasteiger partial charge in [-0.05, 0) is 36.6 Å². The van der Waals surface area contributed by atoms with Crippen LogP contribution in [0.5, 0.6) is 0 Å². The predicted molar refractivity (Wildman–Crippen MR) is 80.7 cm³/mol. The molecule has 18 heavy (non-hydrogen) atoms. The average molecular weight is 330 g/mol. The van der Waals surface area contributed by atoms with E-state index in [1.807, 2.05) is 17.7 Å². The van der Waals surface area contributed by atoms with E-state index in [-0.39, 0.29) is 11.4 Å². The molecule has 0 spiro atoms. The fourth-order valence-electron chi connectivity index (χ4n) is 2.83. The zero-order chi connectivity index (χ0) is 13.2. The summed E-state index contributed by atoms with van der Waals surface area (Å²) in [5.41, 5.74) is 1.85. The van der Waals surface area contributed by atoms with Gasteiger partial charge in [0.25, 0.3) is 5.91 Å². The minimum atomic E-state index is -0.0525. The summed E-state index contributed by atoms with van der Waals surface area (Å²) in [6.07, 6.45) is 4.64. The summed E-state index contributed by atoms with van der Waals surface area (Å²) in [5.74, 6) is 0.780. The number of rotatable bonds is 3. The Kier molecular flexibility index (Phi) is 4.49. The van der Waals surface area contributed by atoms with E-state index in [2.05, 4.69) is 28.2 Å². The Morgan fingerprint density at radius 2 is 2.39 bits per heavy atom. The van der Waals surface area contributed by atoms with Crippen LogP contribution in [0.3, 0.4) is 0 Å². The lowest BCUT2D eigenvalue weighted by molar-refractivity contribution is 0.0869. The SMILES string of the molecule is Cc1cscc1C(=O)NC1(CBr)CCCC(C)C1. The molecule has 0 saturated heterocycles. The molecule has 2 unspecified atom stereocenters. The van der Waals surface area contributed by atoms with E-state index in [0.717, 1.165) is 29.3 Å². The Morgan fingerprint density at radius 3 is 2.94 bits per heavy atom. The highest BCUT2D eigenvalue weighted by Crippen LogP contribution is 2.34. The molecule has 1 N–H and O–H groups in total. The van der Waals surface area contributed by atoms with Crippen molar-refractivity contribution in [1.29, 1.82) is 0 Å². The van der Waals surface area contributed by atoms with Crippen LogP contribution in [0.1, 0.15) is 48.5 Å². The molecule has 1 aromatic rings. The molecule has 1 amide bonds. The van der Waals surface area contributed by atoms with Gasteiger partial charge in [0, 0.05) is 10.7 Å². The first-order valence-corrected chi connectivity index (χ1v) is 8.54. The third-order valence-corrected chi connectivity index (χ3v) is 5.76. The van der Waals surface area contributed by atoms with Gasteiger partial charge in [0.05, 0.1) is 11.1 Å². The highest BCUT2D eigenvalue weighted by atomic mass is 79.9. The molecule has 1 fully saturated rings. The maximum Gasteiger partial charge on any atom is 0.252 e. The van der Waals surface area contributed by atoms with E-state index in [9.17, 15) is 4.79 Å². The molecule has 2 atom stereocenters. The lowest BCUT2D eigenvalue weighted by Gasteiger charge is -2.39. The molecule has 1 aliphatic carbocycles. The first-order chi connectivity index (χ1) is 8.56. The second-order valence-corrected chi connectivity index (χ2v) is 6.84. The van der Waals surface area contributed by atoms with Crippen molar-refractivity contribution in [2.75, 3.05) is 5.33 Å². The van der Waals surface area contributed by atoms with Crippen molar-refractivity contribution in [2.45, 2.75) is 45.1 Å². The number of hydrogen-bond acceptors (Lipinski definition) is 2. The summed E-state index contributed by atoms with van der Waals surface area (Å²) in [7, 11) is 0. The van der Waals surface area contributed by atoms with Gasteiger partial charge in [-0.3, -0.25) is 4.79 Å². The van der Waals surface area contributed by atoms with Crippen molar-refractivity contribution in [3.8, 4) is 0 Å². The van der Waals surface area contributed by atoms with E-state index in [0.29, 0.717) is 5.92 Å². The summed E-state index contributed by atoms with van der Waals surface area (Å²) >= 11 is 5.18. The van der Waals surface area contributed by atoms with Crippen molar-refractivity contribution in [3.63, 3.8) is 0 Å². The van der Waals surface area contributed by atoms with E-state index in [4.69, 9.17) is 0 Å². The molecule has 1 aliphatic rings. The lowest BCUT2D eigenvalue weighted by atomic mass is 9.77. The molecule has 100 valence electrons. The van der Waals surface area contributed by atoms with Gasteiger partial charge in [0.1, 0.15) is 0 Å². The van der Waals surface area contributed by atoms with E-state index in [1.165, 1.54) is 12.8 Å². The summed E-state index contributed by atoms with van der Waals surface area (Å²) in [4.78, 5) is 12.3. The molecule has 2 rings (SSSR count). The van der Waals surface area contributed by atoms with Gasteiger partial charge in [0.15, 0.2) is 0 Å². The predicted octanol–water partition coefficient (Wildman–Crippen LogP) is 4.13. The van der Waals surface area contributed by atoms with Crippen molar-refractivity contribution >= 4 is 33.2 Å². The molecule has 0 aromatic carbocycles. The maximum absolute atomic E-state index is 12.3. The van der Waals surface area contributed by atoms with Crippen LogP contribution in [0.25, 0.3) is 0 Å². The highest BCUT2D eigenvalue weighted by Gasteiger charge is 2.35. The third kappa shape index (κ3) is 2.97. The Hall–Kier alpha value is -0.350. The average Bonchev–Trinajstić information content (AvgIpc) is 2.75. The number of thiophene rings is 1. The van der Waals surface area contributed by atoms with Gasteiger partial charge >= 0.3 is 0 Å². The van der Waals surface area contributed by atoms with Gasteiger partial charge in [-0.15, -0.1) is 0 Å². The van der Waals surface area contributed by atoms with Crippen molar-refractivity contribution in [2.24, 2.45) is 5.92 Å². The first-order valence-electron chi connectivity index (χ1n) is 6.47. The van der Waals surface area contributed by atoms with Crippen LogP contribution < -0.4 is 5.32 Å². The summed E-state index contributed by atoms with van der Waals surface area (Å²) < 4.78 is 0. The second-order valence-electron chi connectivity index (χ2n) is 5.54. The van der Waals surface area contributed by atoms with Crippen LogP contribution in [0.4, 0.5) is 0 Å². The fourth-order valence-corrected chi connectivity index (χ4v) is 4.31. The smallest absolute Gasteiger partial charge is 0.252 e. The topological polar surface area (TPSA) is 29.1 Å². The molecule has 0 aliphatic heterocycles. The van der Waals surface area contributed by atoms with Crippen LogP contribution in [-0.2, 0) is 0 Å². The normalized spacial score (nSPS) is 28.1. The number of aryl methyl sites for hydroxylation is 1. The number of alkyl halides is 1. The monoisotopic (exact) mass is 329 g/mol. The number of amides is 1. The standard InChI is InChI=1S/C14H20BrNOS/c1-10-4-3-5-14(6-10,9-15)16-13(17)12-8-18-7-11(12)2/h7-8,10H,3-6,9H2,1-2H3,(H,16,17). The second kappa shape index (κ2) is 5.74. The molecule has 2 nitrogen and oxygen atoms in total. The van der Waals surface area contributed by atoms with Gasteiger partial charge in [-0.25, -0.2) is 0 Å². The van der Waals surface area contributed by atoms with Crippen molar-refractivity contribution in [3.05, 3.63) is 21.9 Å². The molecule has 1 saturated carbocycles. The molecule has 0 bridgehead atoms. The fraction of sp³-hybridized carbons (Fsp3) is 0.643. The number of carbonyl (C=O) groups excluding carboxylic acids is 1. The van der Waals surface area contributed by atoms with Crippen LogP contribution >= 0.6 is 27.3 Å². The molecule has 1 aromatic heterocycles. The van der Waals surface area contributed by atoms with E-state index >= 15 is 0 Å². The van der Waals surface area contributed by atoms with Crippen LogP contribution in [-0.4, -0.2) is 16.8 Å². The third-order valence-electron chi connectivity index (χ3n) is 3.83. The summed E-state index contributed by atoms with van der Waals surface area (Å²) in [6.45, 7) is 4.27. The first kappa shape index (κ1) is 14.1. The van der Waals surface area contributed by atoms with E-state index < -0.39 is 0 Å². The van der Waals surface area contributed by atoms with Gasteiger partial charge in [0.2, 0.25) is 0 Å². The number of halogens is 1. The Bertz CT molecular complexity index is 431. The van der Waals surface area contributed by atoms with Crippen LogP contribution in [0.2, 0.25) is 0 Å². The molecular formula is C14H20BrNOS. The van der Waals surface area contributed by atoms with Crippen molar-refractivity contribution < 1.29 is 4.79 Å². The highest BCUT2D eigenvalue weighted by molar-refractivity contribution is 9.09. The largest absolute Gasteiger partial charge is 0.346 e. The van der Waals surface area contributed by atoms with Crippen molar-refractivity contribution in [1.82, 2.24) is 5.32 Å². The van der Waals surface area contributed by atoms with E-state index in [1.54, 1.807) is 11.3 Å². The summed E-state index contributed by atoms with van der Waals surface area (Å²) in [5, 5.41) is 8.09. The van der Waals surface area contributed by atoms with Gasteiger partial charge in [-0.2, -0.15) is 11.3 Å². The molecule has 1 heterocycles. The summed E-state index contributed by atoms with van der Waals surface area (Å²) in [6, 6.07) is 0. The zero-order valence-electron chi connectivity index (χ0n) is 11.0.